The third-order valence-corrected chi connectivity index (χ3v) is 4.24. The van der Waals surface area contributed by atoms with Crippen LogP contribution in [0.4, 0.5) is 0 Å². The lowest BCUT2D eigenvalue weighted by atomic mass is 10.1. The Labute approximate surface area is 183 Å². The molecule has 0 atom stereocenters. The van der Waals surface area contributed by atoms with Crippen LogP contribution < -0.4 is 10.6 Å². The Morgan fingerprint density at radius 3 is 2.56 bits per heavy atom. The van der Waals surface area contributed by atoms with Crippen molar-refractivity contribution in [2.75, 3.05) is 20.2 Å². The molecular weight excluding hydrogens is 479 g/mol. The zero-order valence-corrected chi connectivity index (χ0v) is 19.1. The summed E-state index contributed by atoms with van der Waals surface area (Å²) in [6, 6.07) is 7.66. The molecule has 0 fully saturated rings. The number of benzene rings is 1. The van der Waals surface area contributed by atoms with E-state index in [-0.39, 0.29) is 24.0 Å². The molecule has 0 saturated heterocycles. The van der Waals surface area contributed by atoms with E-state index in [0.29, 0.717) is 26.3 Å². The second kappa shape index (κ2) is 13.0. The van der Waals surface area contributed by atoms with Crippen molar-refractivity contribution < 1.29 is 9.26 Å². The Bertz CT molecular complexity index is 683. The lowest BCUT2D eigenvalue weighted by Gasteiger charge is -2.12. The minimum atomic E-state index is 0. The SMILES string of the molecule is CCc1noc(CC)c1CNC(=NC)NCCOCc1ccc(Cl)cc1.I. The van der Waals surface area contributed by atoms with Gasteiger partial charge in [-0.2, -0.15) is 0 Å². The van der Waals surface area contributed by atoms with Gasteiger partial charge in [0.25, 0.3) is 0 Å². The number of nitrogens with one attached hydrogen (secondary N) is 2. The fourth-order valence-electron chi connectivity index (χ4n) is 2.54. The Morgan fingerprint density at radius 2 is 1.93 bits per heavy atom. The molecule has 0 spiro atoms. The van der Waals surface area contributed by atoms with Gasteiger partial charge in [-0.05, 0) is 24.1 Å². The Kier molecular flexibility index (Phi) is 11.4. The quantitative estimate of drug-likeness (QED) is 0.233. The Morgan fingerprint density at radius 1 is 1.19 bits per heavy atom. The molecule has 150 valence electrons. The van der Waals surface area contributed by atoms with Gasteiger partial charge in [0.1, 0.15) is 5.76 Å². The number of hydrogen-bond acceptors (Lipinski definition) is 4. The van der Waals surface area contributed by atoms with Gasteiger partial charge in [-0.15, -0.1) is 24.0 Å². The van der Waals surface area contributed by atoms with E-state index in [1.54, 1.807) is 7.05 Å². The average molecular weight is 507 g/mol. The third-order valence-electron chi connectivity index (χ3n) is 3.98. The van der Waals surface area contributed by atoms with Gasteiger partial charge in [-0.3, -0.25) is 4.99 Å². The summed E-state index contributed by atoms with van der Waals surface area (Å²) in [5.74, 6) is 1.65. The van der Waals surface area contributed by atoms with Crippen LogP contribution in [0.25, 0.3) is 0 Å². The second-order valence-corrected chi connectivity index (χ2v) is 6.21. The van der Waals surface area contributed by atoms with E-state index < -0.39 is 0 Å². The van der Waals surface area contributed by atoms with Gasteiger partial charge in [0.2, 0.25) is 0 Å². The first-order valence-corrected chi connectivity index (χ1v) is 9.28. The van der Waals surface area contributed by atoms with Crippen molar-refractivity contribution in [3.05, 3.63) is 51.9 Å². The molecule has 0 saturated carbocycles. The molecule has 0 unspecified atom stereocenters. The topological polar surface area (TPSA) is 71.7 Å². The summed E-state index contributed by atoms with van der Waals surface area (Å²) >= 11 is 5.87. The maximum atomic E-state index is 5.87. The molecule has 1 aromatic carbocycles. The number of aryl methyl sites for hydroxylation is 2. The number of aliphatic imine (C=N–C) groups is 1. The molecule has 0 aliphatic rings. The number of nitrogens with zero attached hydrogens (tertiary/aromatic N) is 2. The molecule has 0 bridgehead atoms. The standard InChI is InChI=1S/C19H27ClN4O2.HI/c1-4-17-16(18(5-2)26-24-17)12-23-19(21-3)22-10-11-25-13-14-6-8-15(20)9-7-14;/h6-9H,4-5,10-13H2,1-3H3,(H2,21,22,23);1H. The van der Waals surface area contributed by atoms with Crippen LogP contribution >= 0.6 is 35.6 Å². The third kappa shape index (κ3) is 7.67. The zero-order chi connectivity index (χ0) is 18.8. The van der Waals surface area contributed by atoms with Crippen LogP contribution in [0.2, 0.25) is 5.02 Å². The van der Waals surface area contributed by atoms with E-state index in [9.17, 15) is 0 Å². The van der Waals surface area contributed by atoms with Crippen LogP contribution in [0.3, 0.4) is 0 Å². The maximum absolute atomic E-state index is 5.87. The van der Waals surface area contributed by atoms with Crippen LogP contribution in [0, 0.1) is 0 Å². The van der Waals surface area contributed by atoms with E-state index in [1.807, 2.05) is 24.3 Å². The lowest BCUT2D eigenvalue weighted by molar-refractivity contribution is 0.125. The highest BCUT2D eigenvalue weighted by Gasteiger charge is 2.13. The molecule has 1 heterocycles. The lowest BCUT2D eigenvalue weighted by Crippen LogP contribution is -2.38. The molecule has 1 aromatic heterocycles. The molecule has 0 aliphatic carbocycles. The monoisotopic (exact) mass is 506 g/mol. The fourth-order valence-corrected chi connectivity index (χ4v) is 2.67. The number of hydrogen-bond donors (Lipinski definition) is 2. The first kappa shape index (κ1) is 23.7. The minimum absolute atomic E-state index is 0. The van der Waals surface area contributed by atoms with Crippen LogP contribution in [-0.2, 0) is 30.7 Å². The van der Waals surface area contributed by atoms with E-state index in [4.69, 9.17) is 20.9 Å². The van der Waals surface area contributed by atoms with E-state index >= 15 is 0 Å². The smallest absolute Gasteiger partial charge is 0.191 e. The largest absolute Gasteiger partial charge is 0.375 e. The number of ether oxygens (including phenoxy) is 1. The number of rotatable bonds is 9. The summed E-state index contributed by atoms with van der Waals surface area (Å²) in [7, 11) is 1.75. The van der Waals surface area contributed by atoms with Gasteiger partial charge >= 0.3 is 0 Å². The minimum Gasteiger partial charge on any atom is -0.375 e. The van der Waals surface area contributed by atoms with Crippen molar-refractivity contribution in [2.45, 2.75) is 39.8 Å². The first-order chi connectivity index (χ1) is 12.7. The fraction of sp³-hybridized carbons (Fsp3) is 0.474. The van der Waals surface area contributed by atoms with Crippen molar-refractivity contribution in [1.29, 1.82) is 0 Å². The van der Waals surface area contributed by atoms with Crippen molar-refractivity contribution in [1.82, 2.24) is 15.8 Å². The summed E-state index contributed by atoms with van der Waals surface area (Å²) < 4.78 is 11.1. The summed E-state index contributed by atoms with van der Waals surface area (Å²) in [5, 5.41) is 11.4. The predicted octanol–water partition coefficient (Wildman–Crippen LogP) is 3.95. The first-order valence-electron chi connectivity index (χ1n) is 8.90. The second-order valence-electron chi connectivity index (χ2n) is 5.77. The molecule has 2 rings (SSSR count). The van der Waals surface area contributed by atoms with Crippen molar-refractivity contribution in [3.63, 3.8) is 0 Å². The zero-order valence-electron chi connectivity index (χ0n) is 16.0. The van der Waals surface area contributed by atoms with E-state index in [2.05, 4.69) is 34.6 Å². The van der Waals surface area contributed by atoms with Crippen LogP contribution in [0.5, 0.6) is 0 Å². The molecule has 0 aliphatic heterocycles. The normalized spacial score (nSPS) is 11.2. The van der Waals surface area contributed by atoms with Gasteiger partial charge in [-0.1, -0.05) is 42.7 Å². The molecule has 0 radical (unpaired) electrons. The highest BCUT2D eigenvalue weighted by Crippen LogP contribution is 2.15. The summed E-state index contributed by atoms with van der Waals surface area (Å²) in [4.78, 5) is 4.24. The molecule has 8 heteroatoms. The summed E-state index contributed by atoms with van der Waals surface area (Å²) in [6.45, 7) is 6.59. The van der Waals surface area contributed by atoms with Gasteiger partial charge < -0.3 is 19.9 Å². The summed E-state index contributed by atoms with van der Waals surface area (Å²) in [6.07, 6.45) is 1.68. The van der Waals surface area contributed by atoms with Crippen molar-refractivity contribution in [2.24, 2.45) is 4.99 Å². The number of guanidine groups is 1. The van der Waals surface area contributed by atoms with Gasteiger partial charge in [0.05, 0.1) is 18.9 Å². The van der Waals surface area contributed by atoms with Crippen LogP contribution in [-0.4, -0.2) is 31.3 Å². The molecule has 6 nitrogen and oxygen atoms in total. The van der Waals surface area contributed by atoms with Crippen molar-refractivity contribution >= 4 is 41.5 Å². The van der Waals surface area contributed by atoms with Gasteiger partial charge in [0.15, 0.2) is 5.96 Å². The highest BCUT2D eigenvalue weighted by atomic mass is 127. The van der Waals surface area contributed by atoms with Crippen molar-refractivity contribution in [3.8, 4) is 0 Å². The predicted molar refractivity (Wildman–Crippen MR) is 120 cm³/mol. The number of aromatic nitrogens is 1. The average Bonchev–Trinajstić information content (AvgIpc) is 3.07. The highest BCUT2D eigenvalue weighted by molar-refractivity contribution is 14.0. The molecule has 0 amide bonds. The molecule has 2 aromatic rings. The van der Waals surface area contributed by atoms with Crippen LogP contribution in [0.15, 0.2) is 33.8 Å². The van der Waals surface area contributed by atoms with E-state index in [1.165, 1.54) is 0 Å². The Hall–Kier alpha value is -1.32. The molecule has 2 N–H and O–H groups in total. The maximum Gasteiger partial charge on any atom is 0.191 e. The summed E-state index contributed by atoms with van der Waals surface area (Å²) in [5.41, 5.74) is 3.22. The van der Waals surface area contributed by atoms with Crippen LogP contribution in [0.1, 0.15) is 36.4 Å². The molecular formula is C19H28ClIN4O2. The Balaban J connectivity index is 0.00000364. The molecule has 27 heavy (non-hydrogen) atoms. The van der Waals surface area contributed by atoms with Gasteiger partial charge in [0, 0.05) is 37.1 Å². The van der Waals surface area contributed by atoms with E-state index in [0.717, 1.165) is 46.4 Å². The van der Waals surface area contributed by atoms with Gasteiger partial charge in [-0.25, -0.2) is 0 Å². The number of halogens is 2.